The molecule has 0 atom stereocenters. The van der Waals surface area contributed by atoms with Crippen molar-refractivity contribution >= 4 is 5.82 Å². The van der Waals surface area contributed by atoms with Gasteiger partial charge in [0, 0.05) is 5.56 Å². The summed E-state index contributed by atoms with van der Waals surface area (Å²) in [6.07, 6.45) is 1.69. The number of benzene rings is 2. The minimum Gasteiger partial charge on any atom is -0.497 e. The van der Waals surface area contributed by atoms with Crippen molar-refractivity contribution in [3.63, 3.8) is 0 Å². The number of nitrogens with two attached hydrogens (primary N) is 1. The molecule has 2 N–H and O–H groups in total. The van der Waals surface area contributed by atoms with Crippen LogP contribution < -0.4 is 10.5 Å². The number of nitrogens with zero attached hydrogens (tertiary/aromatic N) is 2. The maximum atomic E-state index is 13.0. The van der Waals surface area contributed by atoms with Gasteiger partial charge >= 0.3 is 0 Å². The number of hydrogen-bond donors (Lipinski definition) is 1. The van der Waals surface area contributed by atoms with Gasteiger partial charge in [0.1, 0.15) is 17.4 Å². The molecular weight excluding hydrogens is 269 g/mol. The minimum absolute atomic E-state index is 0.292. The summed E-state index contributed by atoms with van der Waals surface area (Å²) < 4.78 is 19.7. The van der Waals surface area contributed by atoms with Gasteiger partial charge in [-0.05, 0) is 42.0 Å². The van der Waals surface area contributed by atoms with Crippen LogP contribution >= 0.6 is 0 Å². The van der Waals surface area contributed by atoms with Gasteiger partial charge in [-0.1, -0.05) is 12.1 Å². The minimum atomic E-state index is -0.292. The zero-order chi connectivity index (χ0) is 14.8. The lowest BCUT2D eigenvalue weighted by atomic mass is 10.1. The molecule has 2 aromatic carbocycles. The van der Waals surface area contributed by atoms with Gasteiger partial charge in [-0.25, -0.2) is 9.07 Å². The van der Waals surface area contributed by atoms with Gasteiger partial charge in [-0.15, -0.1) is 0 Å². The summed E-state index contributed by atoms with van der Waals surface area (Å²) in [6.45, 7) is 0. The summed E-state index contributed by atoms with van der Waals surface area (Å²) in [5, 5.41) is 4.27. The van der Waals surface area contributed by atoms with Crippen LogP contribution in [0.3, 0.4) is 0 Å². The molecule has 0 aliphatic heterocycles. The van der Waals surface area contributed by atoms with Crippen LogP contribution in [-0.4, -0.2) is 16.9 Å². The summed E-state index contributed by atoms with van der Waals surface area (Å²) >= 11 is 0. The summed E-state index contributed by atoms with van der Waals surface area (Å²) in [6, 6.07) is 13.6. The number of anilines is 1. The van der Waals surface area contributed by atoms with E-state index in [0.717, 1.165) is 16.9 Å². The van der Waals surface area contributed by atoms with E-state index in [-0.39, 0.29) is 5.82 Å². The van der Waals surface area contributed by atoms with E-state index in [9.17, 15) is 4.39 Å². The normalized spacial score (nSPS) is 10.6. The predicted molar refractivity (Wildman–Crippen MR) is 79.9 cm³/mol. The summed E-state index contributed by atoms with van der Waals surface area (Å²) in [7, 11) is 1.62. The third-order valence-corrected chi connectivity index (χ3v) is 3.28. The van der Waals surface area contributed by atoms with E-state index >= 15 is 0 Å². The Morgan fingerprint density at radius 2 is 1.71 bits per heavy atom. The van der Waals surface area contributed by atoms with Crippen LogP contribution in [0.4, 0.5) is 10.2 Å². The Kier molecular flexibility index (Phi) is 3.31. The Morgan fingerprint density at radius 1 is 1.05 bits per heavy atom. The highest BCUT2D eigenvalue weighted by molar-refractivity contribution is 5.75. The maximum absolute atomic E-state index is 13.0. The van der Waals surface area contributed by atoms with Crippen LogP contribution in [0.1, 0.15) is 0 Å². The maximum Gasteiger partial charge on any atom is 0.135 e. The van der Waals surface area contributed by atoms with E-state index in [1.165, 1.54) is 12.1 Å². The predicted octanol–water partition coefficient (Wildman–Crippen LogP) is 3.27. The van der Waals surface area contributed by atoms with Crippen LogP contribution in [0.25, 0.3) is 16.8 Å². The summed E-state index contributed by atoms with van der Waals surface area (Å²) in [5.74, 6) is 0.995. The smallest absolute Gasteiger partial charge is 0.135 e. The molecule has 0 fully saturated rings. The van der Waals surface area contributed by atoms with E-state index in [1.54, 1.807) is 30.1 Å². The van der Waals surface area contributed by atoms with E-state index in [2.05, 4.69) is 5.10 Å². The van der Waals surface area contributed by atoms with E-state index in [4.69, 9.17) is 10.5 Å². The average molecular weight is 283 g/mol. The van der Waals surface area contributed by atoms with Crippen molar-refractivity contribution in [1.82, 2.24) is 9.78 Å². The molecule has 4 nitrogen and oxygen atoms in total. The first kappa shape index (κ1) is 13.2. The summed E-state index contributed by atoms with van der Waals surface area (Å²) in [5.41, 5.74) is 8.64. The fraction of sp³-hybridized carbons (Fsp3) is 0.0625. The monoisotopic (exact) mass is 283 g/mol. The molecule has 0 amide bonds. The number of halogens is 1. The van der Waals surface area contributed by atoms with Crippen molar-refractivity contribution in [2.75, 3.05) is 12.8 Å². The Labute approximate surface area is 121 Å². The molecule has 3 aromatic rings. The van der Waals surface area contributed by atoms with Crippen LogP contribution in [0.15, 0.2) is 54.7 Å². The molecule has 5 heteroatoms. The molecule has 1 heterocycles. The second-order valence-electron chi connectivity index (χ2n) is 4.56. The van der Waals surface area contributed by atoms with Gasteiger partial charge in [-0.2, -0.15) is 5.10 Å². The van der Waals surface area contributed by atoms with Gasteiger partial charge in [0.2, 0.25) is 0 Å². The molecule has 0 unspecified atom stereocenters. The zero-order valence-electron chi connectivity index (χ0n) is 11.5. The first-order chi connectivity index (χ1) is 10.2. The van der Waals surface area contributed by atoms with Crippen molar-refractivity contribution in [2.45, 2.75) is 0 Å². The molecular formula is C16H14FN3O. The SMILES string of the molecule is COc1ccc(-c2cnn(-c3ccc(F)cc3)c2N)cc1. The Balaban J connectivity index is 2.00. The second kappa shape index (κ2) is 5.28. The third kappa shape index (κ3) is 2.45. The molecule has 106 valence electrons. The van der Waals surface area contributed by atoms with Crippen LogP contribution in [-0.2, 0) is 0 Å². The molecule has 0 bridgehead atoms. The first-order valence-corrected chi connectivity index (χ1v) is 6.43. The third-order valence-electron chi connectivity index (χ3n) is 3.28. The number of ether oxygens (including phenoxy) is 1. The fourth-order valence-corrected chi connectivity index (χ4v) is 2.14. The Morgan fingerprint density at radius 3 is 2.33 bits per heavy atom. The van der Waals surface area contributed by atoms with Crippen LogP contribution in [0.2, 0.25) is 0 Å². The second-order valence-corrected chi connectivity index (χ2v) is 4.56. The highest BCUT2D eigenvalue weighted by Gasteiger charge is 2.11. The molecule has 21 heavy (non-hydrogen) atoms. The lowest BCUT2D eigenvalue weighted by Crippen LogP contribution is -2.02. The molecule has 0 aliphatic rings. The van der Waals surface area contributed by atoms with Crippen molar-refractivity contribution in [2.24, 2.45) is 0 Å². The molecule has 0 saturated carbocycles. The standard InChI is InChI=1S/C16H14FN3O/c1-21-14-8-2-11(3-9-14)15-10-19-20(16(15)18)13-6-4-12(17)5-7-13/h2-10H,18H2,1H3. The van der Waals surface area contributed by atoms with Crippen molar-refractivity contribution in [3.05, 3.63) is 60.5 Å². The highest BCUT2D eigenvalue weighted by atomic mass is 19.1. The molecule has 1 aromatic heterocycles. The Bertz CT molecular complexity index is 748. The van der Waals surface area contributed by atoms with Crippen molar-refractivity contribution in [1.29, 1.82) is 0 Å². The summed E-state index contributed by atoms with van der Waals surface area (Å²) in [4.78, 5) is 0. The van der Waals surface area contributed by atoms with Crippen molar-refractivity contribution < 1.29 is 9.13 Å². The number of nitrogen functional groups attached to an aromatic ring is 1. The van der Waals surface area contributed by atoms with Crippen LogP contribution in [0.5, 0.6) is 5.75 Å². The van der Waals surface area contributed by atoms with E-state index in [0.29, 0.717) is 11.5 Å². The largest absolute Gasteiger partial charge is 0.497 e. The van der Waals surface area contributed by atoms with Gasteiger partial charge in [0.15, 0.2) is 0 Å². The molecule has 0 radical (unpaired) electrons. The number of aromatic nitrogens is 2. The molecule has 0 spiro atoms. The number of rotatable bonds is 3. The molecule has 0 aliphatic carbocycles. The number of hydrogen-bond acceptors (Lipinski definition) is 3. The lowest BCUT2D eigenvalue weighted by molar-refractivity contribution is 0.415. The quantitative estimate of drug-likeness (QED) is 0.802. The zero-order valence-corrected chi connectivity index (χ0v) is 11.5. The first-order valence-electron chi connectivity index (χ1n) is 6.43. The molecule has 3 rings (SSSR count). The van der Waals surface area contributed by atoms with Gasteiger partial charge in [-0.3, -0.25) is 0 Å². The number of methoxy groups -OCH3 is 1. The van der Waals surface area contributed by atoms with Crippen molar-refractivity contribution in [3.8, 4) is 22.6 Å². The lowest BCUT2D eigenvalue weighted by Gasteiger charge is -2.06. The fourth-order valence-electron chi connectivity index (χ4n) is 2.14. The van der Waals surface area contributed by atoms with E-state index < -0.39 is 0 Å². The van der Waals surface area contributed by atoms with Gasteiger partial charge in [0.25, 0.3) is 0 Å². The highest BCUT2D eigenvalue weighted by Crippen LogP contribution is 2.28. The van der Waals surface area contributed by atoms with Crippen LogP contribution in [0, 0.1) is 5.82 Å². The van der Waals surface area contributed by atoms with Gasteiger partial charge in [0.05, 0.1) is 19.0 Å². The topological polar surface area (TPSA) is 53.1 Å². The van der Waals surface area contributed by atoms with Gasteiger partial charge < -0.3 is 10.5 Å². The Hall–Kier alpha value is -2.82. The molecule has 0 saturated heterocycles. The van der Waals surface area contributed by atoms with E-state index in [1.807, 2.05) is 24.3 Å². The average Bonchev–Trinajstić information content (AvgIpc) is 2.90.